The molecule has 0 bridgehead atoms. The van der Waals surface area contributed by atoms with Gasteiger partial charge in [0.05, 0.1) is 29.4 Å². The third-order valence-electron chi connectivity index (χ3n) is 7.77. The lowest BCUT2D eigenvalue weighted by molar-refractivity contribution is 0.0986. The molecular weight excluding hydrogens is 538 g/mol. The van der Waals surface area contributed by atoms with Gasteiger partial charge in [0.25, 0.3) is 5.91 Å². The van der Waals surface area contributed by atoms with E-state index in [1.807, 2.05) is 66.6 Å². The van der Waals surface area contributed by atoms with E-state index < -0.39 is 0 Å². The second kappa shape index (κ2) is 15.6. The van der Waals surface area contributed by atoms with Crippen LogP contribution in [0.5, 0.6) is 5.75 Å². The van der Waals surface area contributed by atoms with Crippen molar-refractivity contribution in [2.45, 2.75) is 46.1 Å². The van der Waals surface area contributed by atoms with Crippen molar-refractivity contribution in [3.8, 4) is 16.9 Å². The van der Waals surface area contributed by atoms with E-state index in [9.17, 15) is 4.79 Å². The molecule has 3 aromatic rings. The summed E-state index contributed by atoms with van der Waals surface area (Å²) < 4.78 is 6.47. The number of carbonyl (C=O) groups is 1. The average Bonchev–Trinajstić information content (AvgIpc) is 3.18. The lowest BCUT2D eigenvalue weighted by atomic mass is 10.0. The van der Waals surface area contributed by atoms with Gasteiger partial charge in [-0.25, -0.2) is 16.0 Å². The van der Waals surface area contributed by atoms with Crippen LogP contribution in [0.1, 0.15) is 50.4 Å². The molecule has 0 unspecified atom stereocenters. The Balaban J connectivity index is 1.70. The molecule has 0 aromatic heterocycles. The SMILES string of the molecule is CCCN(C)CCCOc1cc(C(=O)N2CC[C@H](C)Nc3ccccc32)ccc1-c1ccc(NCC)c(N(NC)NC)c1. The summed E-state index contributed by atoms with van der Waals surface area (Å²) in [6, 6.07) is 20.5. The highest BCUT2D eigenvalue weighted by Crippen LogP contribution is 2.37. The van der Waals surface area contributed by atoms with Crippen molar-refractivity contribution in [3.63, 3.8) is 0 Å². The van der Waals surface area contributed by atoms with Crippen LogP contribution in [0.2, 0.25) is 0 Å². The number of fused-ring (bicyclic) bond motifs is 1. The first-order valence-electron chi connectivity index (χ1n) is 15.6. The normalized spacial score (nSPS) is 14.6. The number of hydrogen-bond acceptors (Lipinski definition) is 8. The molecule has 9 heteroatoms. The van der Waals surface area contributed by atoms with E-state index in [1.165, 1.54) is 0 Å². The number of anilines is 4. The minimum Gasteiger partial charge on any atom is -0.493 e. The third-order valence-corrected chi connectivity index (χ3v) is 7.77. The molecule has 1 amide bonds. The summed E-state index contributed by atoms with van der Waals surface area (Å²) in [5.74, 6) is 0.684. The van der Waals surface area contributed by atoms with Gasteiger partial charge < -0.3 is 25.2 Å². The van der Waals surface area contributed by atoms with Crippen molar-refractivity contribution in [1.82, 2.24) is 15.8 Å². The number of para-hydroxylation sites is 2. The van der Waals surface area contributed by atoms with Gasteiger partial charge >= 0.3 is 0 Å². The molecule has 0 saturated heterocycles. The molecule has 0 fully saturated rings. The predicted octanol–water partition coefficient (Wildman–Crippen LogP) is 5.82. The average molecular weight is 588 g/mol. The summed E-state index contributed by atoms with van der Waals surface area (Å²) in [4.78, 5) is 18.3. The van der Waals surface area contributed by atoms with Crippen LogP contribution in [0.25, 0.3) is 11.1 Å². The zero-order valence-corrected chi connectivity index (χ0v) is 26.7. The standard InChI is InChI=1S/C34H49N7O2/c1-7-19-39(6)20-11-22-43-33-24-27(34(42)40-21-18-25(3)38-30-12-9-10-13-31(30)40)14-16-28(33)26-15-17-29(37-8-2)32(23-26)41(35-4)36-5/h9-10,12-17,23-25,35-38H,7-8,11,18-22H2,1-6H3/t25-/m0/s1. The fraction of sp³-hybridized carbons (Fsp3) is 0.441. The fourth-order valence-corrected chi connectivity index (χ4v) is 5.58. The summed E-state index contributed by atoms with van der Waals surface area (Å²) in [6.07, 6.45) is 2.89. The Kier molecular flexibility index (Phi) is 11.7. The lowest BCUT2D eigenvalue weighted by Gasteiger charge is -2.26. The number of hydrazine groups is 2. The van der Waals surface area contributed by atoms with Crippen LogP contribution in [0.15, 0.2) is 60.7 Å². The highest BCUT2D eigenvalue weighted by Gasteiger charge is 2.25. The van der Waals surface area contributed by atoms with Gasteiger partial charge in [0.1, 0.15) is 5.75 Å². The predicted molar refractivity (Wildman–Crippen MR) is 180 cm³/mol. The molecule has 1 aliphatic heterocycles. The maximum Gasteiger partial charge on any atom is 0.258 e. The Bertz CT molecular complexity index is 1340. The maximum absolute atomic E-state index is 14.1. The van der Waals surface area contributed by atoms with Gasteiger partial charge in [0.15, 0.2) is 0 Å². The van der Waals surface area contributed by atoms with Gasteiger partial charge in [0, 0.05) is 50.9 Å². The van der Waals surface area contributed by atoms with Crippen molar-refractivity contribution in [1.29, 1.82) is 0 Å². The summed E-state index contributed by atoms with van der Waals surface area (Å²) in [5, 5.41) is 8.86. The molecule has 0 spiro atoms. The van der Waals surface area contributed by atoms with Crippen molar-refractivity contribution in [2.75, 3.05) is 74.6 Å². The molecule has 0 saturated carbocycles. The third kappa shape index (κ3) is 7.98. The molecule has 1 aliphatic rings. The molecule has 9 nitrogen and oxygen atoms in total. The topological polar surface area (TPSA) is 84.1 Å². The minimum absolute atomic E-state index is 0.0258. The monoisotopic (exact) mass is 587 g/mol. The molecule has 1 heterocycles. The van der Waals surface area contributed by atoms with Gasteiger partial charge in [0.2, 0.25) is 0 Å². The first-order chi connectivity index (χ1) is 20.9. The van der Waals surface area contributed by atoms with E-state index in [1.54, 1.807) is 0 Å². The number of nitrogens with zero attached hydrogens (tertiary/aromatic N) is 3. The Morgan fingerprint density at radius 3 is 2.58 bits per heavy atom. The maximum atomic E-state index is 14.1. The molecule has 0 radical (unpaired) electrons. The van der Waals surface area contributed by atoms with E-state index in [-0.39, 0.29) is 11.9 Å². The number of carbonyl (C=O) groups excluding carboxylic acids is 1. The van der Waals surface area contributed by atoms with E-state index >= 15 is 0 Å². The number of amides is 1. The van der Waals surface area contributed by atoms with Crippen molar-refractivity contribution in [3.05, 3.63) is 66.2 Å². The Hall–Kier alpha value is -3.79. The van der Waals surface area contributed by atoms with Gasteiger partial charge in [-0.15, -0.1) is 0 Å². The van der Waals surface area contributed by atoms with Crippen molar-refractivity contribution in [2.24, 2.45) is 0 Å². The van der Waals surface area contributed by atoms with E-state index in [0.717, 1.165) is 72.8 Å². The lowest BCUT2D eigenvalue weighted by Crippen LogP contribution is -2.44. The van der Waals surface area contributed by atoms with Crippen LogP contribution in [0.4, 0.5) is 22.7 Å². The molecule has 4 rings (SSSR count). The summed E-state index contributed by atoms with van der Waals surface area (Å²) in [7, 11) is 5.90. The zero-order chi connectivity index (χ0) is 30.8. The van der Waals surface area contributed by atoms with Crippen molar-refractivity contribution >= 4 is 28.7 Å². The van der Waals surface area contributed by atoms with Gasteiger partial charge in [-0.1, -0.05) is 25.1 Å². The van der Waals surface area contributed by atoms with Crippen LogP contribution in [0.3, 0.4) is 0 Å². The zero-order valence-electron chi connectivity index (χ0n) is 26.7. The summed E-state index contributed by atoms with van der Waals surface area (Å²) in [6.45, 7) is 10.5. The number of ether oxygens (including phenoxy) is 1. The number of benzene rings is 3. The van der Waals surface area contributed by atoms with Crippen LogP contribution in [-0.4, -0.2) is 70.8 Å². The van der Waals surface area contributed by atoms with Gasteiger partial charge in [-0.05, 0) is 94.7 Å². The highest BCUT2D eigenvalue weighted by atomic mass is 16.5. The van der Waals surface area contributed by atoms with Crippen LogP contribution in [0, 0.1) is 0 Å². The van der Waals surface area contributed by atoms with Gasteiger partial charge in [-0.2, -0.15) is 0 Å². The number of rotatable bonds is 14. The van der Waals surface area contributed by atoms with Crippen LogP contribution >= 0.6 is 0 Å². The van der Waals surface area contributed by atoms with E-state index in [4.69, 9.17) is 4.74 Å². The first kappa shape index (κ1) is 32.1. The number of nitrogens with one attached hydrogen (secondary N) is 4. The Labute approximate surface area is 257 Å². The fourth-order valence-electron chi connectivity index (χ4n) is 5.58. The second-order valence-electron chi connectivity index (χ2n) is 11.1. The van der Waals surface area contributed by atoms with E-state index in [2.05, 4.69) is 72.4 Å². The van der Waals surface area contributed by atoms with Crippen LogP contribution in [-0.2, 0) is 0 Å². The molecule has 0 aliphatic carbocycles. The summed E-state index contributed by atoms with van der Waals surface area (Å²) >= 11 is 0. The Morgan fingerprint density at radius 2 is 1.84 bits per heavy atom. The minimum atomic E-state index is -0.0258. The first-order valence-corrected chi connectivity index (χ1v) is 15.6. The van der Waals surface area contributed by atoms with Gasteiger partial charge in [-0.3, -0.25) is 4.79 Å². The second-order valence-corrected chi connectivity index (χ2v) is 11.1. The van der Waals surface area contributed by atoms with E-state index in [0.29, 0.717) is 24.5 Å². The Morgan fingerprint density at radius 1 is 1.05 bits per heavy atom. The smallest absolute Gasteiger partial charge is 0.258 e. The molecule has 4 N–H and O–H groups in total. The quantitative estimate of drug-likeness (QED) is 0.139. The highest BCUT2D eigenvalue weighted by molar-refractivity contribution is 6.08. The molecule has 232 valence electrons. The molecule has 1 atom stereocenters. The largest absolute Gasteiger partial charge is 0.493 e. The van der Waals surface area contributed by atoms with Crippen LogP contribution < -0.4 is 36.2 Å². The number of hydrogen-bond donors (Lipinski definition) is 4. The molecule has 3 aromatic carbocycles. The molecular formula is C34H49N7O2. The van der Waals surface area contributed by atoms with Crippen molar-refractivity contribution < 1.29 is 9.53 Å². The molecule has 43 heavy (non-hydrogen) atoms. The summed E-state index contributed by atoms with van der Waals surface area (Å²) in [5.41, 5.74) is 12.8.